The maximum Gasteiger partial charge on any atom is 0.245 e. The van der Waals surface area contributed by atoms with Crippen LogP contribution in [0.5, 0.6) is 5.75 Å². The highest BCUT2D eigenvalue weighted by Gasteiger charge is 2.09. The number of hydrogen-bond acceptors (Lipinski definition) is 5. The van der Waals surface area contributed by atoms with Crippen molar-refractivity contribution in [2.45, 2.75) is 13.5 Å². The molecule has 6 heteroatoms. The summed E-state index contributed by atoms with van der Waals surface area (Å²) in [5.41, 5.74) is 4.75. The van der Waals surface area contributed by atoms with Gasteiger partial charge in [0.1, 0.15) is 12.4 Å². The molecule has 0 aromatic heterocycles. The van der Waals surface area contributed by atoms with Gasteiger partial charge in [-0.25, -0.2) is 5.48 Å². The lowest BCUT2D eigenvalue weighted by molar-refractivity contribution is 0.123. The van der Waals surface area contributed by atoms with Crippen molar-refractivity contribution in [3.63, 3.8) is 0 Å². The highest BCUT2D eigenvalue weighted by Crippen LogP contribution is 2.30. The molecule has 3 aromatic carbocycles. The maximum absolute atomic E-state index is 10.3. The first kappa shape index (κ1) is 16.9. The first-order valence-corrected chi connectivity index (χ1v) is 8.05. The summed E-state index contributed by atoms with van der Waals surface area (Å²) in [5, 5.41) is 16.6. The van der Waals surface area contributed by atoms with Crippen LogP contribution in [0.25, 0.3) is 10.8 Å². The molecule has 0 bridgehead atoms. The van der Waals surface area contributed by atoms with Gasteiger partial charge in [0.05, 0.1) is 10.7 Å². The average Bonchev–Trinajstić information content (AvgIpc) is 2.63. The maximum atomic E-state index is 10.3. The molecule has 0 aliphatic carbocycles. The second-order valence-electron chi connectivity index (χ2n) is 5.41. The van der Waals surface area contributed by atoms with Gasteiger partial charge < -0.3 is 14.8 Å². The summed E-state index contributed by atoms with van der Waals surface area (Å²) >= 11 is 5.98. The quantitative estimate of drug-likeness (QED) is 0.370. The van der Waals surface area contributed by atoms with Gasteiger partial charge in [0.25, 0.3) is 0 Å². The number of benzene rings is 3. The van der Waals surface area contributed by atoms with Crippen molar-refractivity contribution in [1.29, 1.82) is 0 Å². The first-order valence-electron chi connectivity index (χ1n) is 7.67. The number of aryl methyl sites for hydroxylation is 1. The van der Waals surface area contributed by atoms with E-state index >= 15 is 0 Å². The van der Waals surface area contributed by atoms with E-state index in [-0.39, 0.29) is 12.4 Å². The van der Waals surface area contributed by atoms with Gasteiger partial charge in [-0.15, -0.1) is 0 Å². The van der Waals surface area contributed by atoms with Gasteiger partial charge in [0, 0.05) is 5.56 Å². The Bertz CT molecular complexity index is 912. The van der Waals surface area contributed by atoms with Crippen LogP contribution in [-0.2, 0) is 16.3 Å². The summed E-state index contributed by atoms with van der Waals surface area (Å²) < 4.78 is 0. The van der Waals surface area contributed by atoms with Crippen LogP contribution in [0.15, 0.2) is 59.8 Å². The molecular formula is C19H17ClN2O3. The van der Waals surface area contributed by atoms with Crippen molar-refractivity contribution in [3.05, 3.63) is 70.7 Å². The molecule has 3 aromatic rings. The summed E-state index contributed by atoms with van der Waals surface area (Å²) in [6, 6.07) is 16.9. The molecular weight excluding hydrogens is 340 g/mol. The van der Waals surface area contributed by atoms with Crippen molar-refractivity contribution in [2.24, 2.45) is 5.16 Å². The molecule has 0 aliphatic heterocycles. The van der Waals surface area contributed by atoms with E-state index in [2.05, 4.69) is 10.6 Å². The molecule has 0 spiro atoms. The third-order valence-electron chi connectivity index (χ3n) is 3.79. The number of halogens is 1. The molecule has 5 nitrogen and oxygen atoms in total. The first-order chi connectivity index (χ1) is 12.2. The van der Waals surface area contributed by atoms with Crippen molar-refractivity contribution < 1.29 is 14.8 Å². The van der Waals surface area contributed by atoms with E-state index in [0.717, 1.165) is 22.7 Å². The highest BCUT2D eigenvalue weighted by atomic mass is 35.5. The van der Waals surface area contributed by atoms with Crippen LogP contribution in [0.2, 0.25) is 5.02 Å². The topological polar surface area (TPSA) is 63.1 Å². The Morgan fingerprint density at radius 3 is 2.76 bits per heavy atom. The minimum Gasteiger partial charge on any atom is -0.507 e. The molecule has 0 aliphatic rings. The molecule has 0 radical (unpaired) electrons. The Hall–Kier alpha value is -2.92. The zero-order valence-corrected chi connectivity index (χ0v) is 14.3. The Morgan fingerprint density at radius 2 is 1.92 bits per heavy atom. The van der Waals surface area contributed by atoms with Crippen molar-refractivity contribution in [2.75, 3.05) is 5.48 Å². The largest absolute Gasteiger partial charge is 0.507 e. The Labute approximate surface area is 150 Å². The number of rotatable bonds is 6. The Morgan fingerprint density at radius 1 is 1.16 bits per heavy atom. The van der Waals surface area contributed by atoms with Crippen LogP contribution in [0, 0.1) is 6.92 Å². The van der Waals surface area contributed by atoms with Gasteiger partial charge in [0.15, 0.2) is 0 Å². The summed E-state index contributed by atoms with van der Waals surface area (Å²) in [5.74, 6) is 0.212. The number of nitrogens with one attached hydrogen (secondary N) is 1. The normalized spacial score (nSPS) is 11.0. The lowest BCUT2D eigenvalue weighted by atomic mass is 10.0. The number of fused-ring (bicyclic) bond motifs is 1. The monoisotopic (exact) mass is 356 g/mol. The van der Waals surface area contributed by atoms with Crippen LogP contribution in [-0.4, -0.2) is 11.5 Å². The standard InChI is InChI=1S/C19H17ClN2O3/c1-13-16-7-3-2-6-14(16)10-15(19(13)23)11-24-21-12-25-22-18-9-5-4-8-17(18)20/h2-10,12,22-23H,11H2,1H3/b21-12+. The fourth-order valence-electron chi connectivity index (χ4n) is 2.49. The molecule has 2 N–H and O–H groups in total. The molecule has 25 heavy (non-hydrogen) atoms. The summed E-state index contributed by atoms with van der Waals surface area (Å²) in [7, 11) is 0. The summed E-state index contributed by atoms with van der Waals surface area (Å²) in [6.07, 6.45) is 1.12. The van der Waals surface area contributed by atoms with Crippen LogP contribution < -0.4 is 5.48 Å². The predicted molar refractivity (Wildman–Crippen MR) is 99.8 cm³/mol. The smallest absolute Gasteiger partial charge is 0.245 e. The molecule has 0 heterocycles. The van der Waals surface area contributed by atoms with E-state index in [1.807, 2.05) is 49.4 Å². The third-order valence-corrected chi connectivity index (χ3v) is 4.12. The molecule has 0 unspecified atom stereocenters. The zero-order valence-electron chi connectivity index (χ0n) is 13.6. The minimum absolute atomic E-state index is 0.128. The van der Waals surface area contributed by atoms with Crippen LogP contribution in [0.4, 0.5) is 5.69 Å². The van der Waals surface area contributed by atoms with Gasteiger partial charge in [-0.05, 0) is 41.5 Å². The molecule has 3 rings (SSSR count). The SMILES string of the molecule is Cc1c(O)c(CO/N=C/ONc2ccccc2Cl)cc2ccccc12. The molecule has 0 atom stereocenters. The summed E-state index contributed by atoms with van der Waals surface area (Å²) in [6.45, 7) is 2.00. The van der Waals surface area contributed by atoms with Crippen molar-refractivity contribution in [1.82, 2.24) is 0 Å². The molecule has 0 amide bonds. The number of phenolic OH excluding ortho intramolecular Hbond substituents is 1. The van der Waals surface area contributed by atoms with E-state index in [1.165, 1.54) is 0 Å². The number of aromatic hydroxyl groups is 1. The van der Waals surface area contributed by atoms with Gasteiger partial charge in [-0.2, -0.15) is 0 Å². The van der Waals surface area contributed by atoms with Gasteiger partial charge in [0.2, 0.25) is 6.40 Å². The second-order valence-corrected chi connectivity index (χ2v) is 5.82. The molecule has 128 valence electrons. The summed E-state index contributed by atoms with van der Waals surface area (Å²) in [4.78, 5) is 10.2. The lowest BCUT2D eigenvalue weighted by Crippen LogP contribution is -2.00. The number of hydrogen-bond donors (Lipinski definition) is 2. The fourth-order valence-corrected chi connectivity index (χ4v) is 2.67. The highest BCUT2D eigenvalue weighted by molar-refractivity contribution is 6.33. The number of oxime groups is 1. The van der Waals surface area contributed by atoms with E-state index in [9.17, 15) is 5.11 Å². The van der Waals surface area contributed by atoms with Crippen molar-refractivity contribution in [3.8, 4) is 5.75 Å². The average molecular weight is 357 g/mol. The van der Waals surface area contributed by atoms with E-state index in [4.69, 9.17) is 21.3 Å². The minimum atomic E-state index is 0.128. The van der Waals surface area contributed by atoms with Gasteiger partial charge in [-0.3, -0.25) is 0 Å². The predicted octanol–water partition coefficient (Wildman–Crippen LogP) is 5.01. The Kier molecular flexibility index (Phi) is 5.26. The number of anilines is 1. The molecule has 0 saturated carbocycles. The number of phenols is 1. The third kappa shape index (κ3) is 3.95. The van der Waals surface area contributed by atoms with Crippen LogP contribution in [0.3, 0.4) is 0 Å². The fraction of sp³-hybridized carbons (Fsp3) is 0.105. The van der Waals surface area contributed by atoms with Crippen molar-refractivity contribution >= 4 is 34.5 Å². The van der Waals surface area contributed by atoms with Crippen LogP contribution >= 0.6 is 11.6 Å². The number of para-hydroxylation sites is 1. The molecule has 0 saturated heterocycles. The number of nitrogens with zero attached hydrogens (tertiary/aromatic N) is 1. The lowest BCUT2D eigenvalue weighted by Gasteiger charge is -2.10. The van der Waals surface area contributed by atoms with Gasteiger partial charge >= 0.3 is 0 Å². The van der Waals surface area contributed by atoms with E-state index < -0.39 is 0 Å². The van der Waals surface area contributed by atoms with Gasteiger partial charge in [-0.1, -0.05) is 53.2 Å². The zero-order chi connectivity index (χ0) is 17.6. The van der Waals surface area contributed by atoms with Crippen LogP contribution in [0.1, 0.15) is 11.1 Å². The molecule has 0 fully saturated rings. The van der Waals surface area contributed by atoms with E-state index in [1.54, 1.807) is 12.1 Å². The van der Waals surface area contributed by atoms with E-state index in [0.29, 0.717) is 16.3 Å². The Balaban J connectivity index is 1.58. The second kappa shape index (κ2) is 7.77.